The number of benzene rings is 1. The number of aryl methyl sites for hydroxylation is 1. The first-order chi connectivity index (χ1) is 9.42. The third-order valence-electron chi connectivity index (χ3n) is 3.78. The molecule has 1 aromatic carbocycles. The lowest BCUT2D eigenvalue weighted by molar-refractivity contribution is 0.349. The van der Waals surface area contributed by atoms with Crippen LogP contribution >= 0.6 is 11.6 Å². The lowest BCUT2D eigenvalue weighted by Crippen LogP contribution is -2.36. The van der Waals surface area contributed by atoms with Crippen molar-refractivity contribution < 1.29 is 8.42 Å². The summed E-state index contributed by atoms with van der Waals surface area (Å²) < 4.78 is 27.1. The average Bonchev–Trinajstić information content (AvgIpc) is 2.47. The molecule has 0 aromatic heterocycles. The van der Waals surface area contributed by atoms with Gasteiger partial charge in [0.25, 0.3) is 0 Å². The average molecular weight is 318 g/mol. The zero-order valence-electron chi connectivity index (χ0n) is 12.7. The predicted octanol–water partition coefficient (Wildman–Crippen LogP) is 3.80. The molecule has 0 unspecified atom stereocenters. The molecule has 0 aliphatic heterocycles. The van der Waals surface area contributed by atoms with Gasteiger partial charge in [0.15, 0.2) is 0 Å². The molecular formula is C15H24ClNO2S. The Balaban J connectivity index is 3.33. The van der Waals surface area contributed by atoms with Crippen molar-refractivity contribution in [3.63, 3.8) is 0 Å². The molecule has 0 aliphatic carbocycles. The highest BCUT2D eigenvalue weighted by atomic mass is 35.5. The number of alkyl halides is 1. The largest absolute Gasteiger partial charge is 0.243 e. The van der Waals surface area contributed by atoms with E-state index < -0.39 is 10.0 Å². The van der Waals surface area contributed by atoms with Gasteiger partial charge in [-0.25, -0.2) is 8.42 Å². The molecule has 3 nitrogen and oxygen atoms in total. The summed E-state index contributed by atoms with van der Waals surface area (Å²) in [6, 6.07) is 5.50. The molecule has 0 heterocycles. The summed E-state index contributed by atoms with van der Waals surface area (Å²) in [6.07, 6.45) is 2.31. The van der Waals surface area contributed by atoms with Gasteiger partial charge in [0.05, 0.1) is 4.90 Å². The van der Waals surface area contributed by atoms with Crippen molar-refractivity contribution in [2.45, 2.75) is 56.9 Å². The lowest BCUT2D eigenvalue weighted by Gasteiger charge is -2.26. The van der Waals surface area contributed by atoms with Crippen LogP contribution in [-0.2, 0) is 22.3 Å². The summed E-state index contributed by atoms with van der Waals surface area (Å²) in [5, 5.41) is 0. The van der Waals surface area contributed by atoms with Gasteiger partial charge in [-0.1, -0.05) is 32.9 Å². The number of hydrogen-bond acceptors (Lipinski definition) is 2. The molecule has 1 rings (SSSR count). The van der Waals surface area contributed by atoms with Crippen LogP contribution in [0, 0.1) is 0 Å². The van der Waals surface area contributed by atoms with Gasteiger partial charge in [-0.2, -0.15) is 4.31 Å². The molecule has 0 radical (unpaired) electrons. The first kappa shape index (κ1) is 17.5. The number of hydrogen-bond donors (Lipinski definition) is 0. The van der Waals surface area contributed by atoms with Crippen LogP contribution in [-0.4, -0.2) is 25.8 Å². The Kier molecular flexibility index (Phi) is 6.49. The maximum Gasteiger partial charge on any atom is 0.243 e. The third-order valence-corrected chi connectivity index (χ3v) is 6.08. The molecule has 5 heteroatoms. The van der Waals surface area contributed by atoms with Gasteiger partial charge in [0, 0.05) is 19.0 Å². The summed E-state index contributed by atoms with van der Waals surface area (Å²) in [5.74, 6) is 0.321. The van der Waals surface area contributed by atoms with Crippen LogP contribution < -0.4 is 0 Å². The highest BCUT2D eigenvalue weighted by Gasteiger charge is 2.28. The molecule has 0 spiro atoms. The van der Waals surface area contributed by atoms with Gasteiger partial charge < -0.3 is 0 Å². The van der Waals surface area contributed by atoms with Crippen LogP contribution in [0.15, 0.2) is 23.1 Å². The zero-order valence-corrected chi connectivity index (χ0v) is 14.3. The Morgan fingerprint density at radius 2 is 1.80 bits per heavy atom. The third kappa shape index (κ3) is 3.54. The van der Waals surface area contributed by atoms with Crippen molar-refractivity contribution in [1.82, 2.24) is 4.31 Å². The van der Waals surface area contributed by atoms with E-state index in [0.717, 1.165) is 24.0 Å². The molecule has 20 heavy (non-hydrogen) atoms. The molecule has 114 valence electrons. The van der Waals surface area contributed by atoms with E-state index in [-0.39, 0.29) is 6.04 Å². The molecule has 0 atom stereocenters. The minimum absolute atomic E-state index is 0.0318. The number of rotatable bonds is 7. The fourth-order valence-electron chi connectivity index (χ4n) is 2.37. The molecular weight excluding hydrogens is 294 g/mol. The molecule has 0 fully saturated rings. The molecule has 0 amide bonds. The van der Waals surface area contributed by atoms with Crippen LogP contribution in [0.1, 0.15) is 44.7 Å². The van der Waals surface area contributed by atoms with E-state index >= 15 is 0 Å². The van der Waals surface area contributed by atoms with Crippen molar-refractivity contribution >= 4 is 21.6 Å². The lowest BCUT2D eigenvalue weighted by atomic mass is 10.1. The second-order valence-corrected chi connectivity index (χ2v) is 7.15. The molecule has 0 saturated heterocycles. The Labute approximate surface area is 128 Å². The first-order valence-corrected chi connectivity index (χ1v) is 9.05. The monoisotopic (exact) mass is 317 g/mol. The van der Waals surface area contributed by atoms with E-state index in [1.54, 1.807) is 13.1 Å². The van der Waals surface area contributed by atoms with Gasteiger partial charge in [-0.15, -0.1) is 11.6 Å². The van der Waals surface area contributed by atoms with Crippen LogP contribution in [0.3, 0.4) is 0 Å². The maximum absolute atomic E-state index is 12.8. The first-order valence-electron chi connectivity index (χ1n) is 7.08. The van der Waals surface area contributed by atoms with Crippen LogP contribution in [0.25, 0.3) is 0 Å². The second kappa shape index (κ2) is 7.43. The molecule has 0 saturated carbocycles. The predicted molar refractivity (Wildman–Crippen MR) is 84.7 cm³/mol. The summed E-state index contributed by atoms with van der Waals surface area (Å²) in [4.78, 5) is 0.396. The van der Waals surface area contributed by atoms with Crippen molar-refractivity contribution in [3.05, 3.63) is 29.3 Å². The summed E-state index contributed by atoms with van der Waals surface area (Å²) >= 11 is 5.83. The van der Waals surface area contributed by atoms with Gasteiger partial charge in [-0.05, 0) is 36.5 Å². The van der Waals surface area contributed by atoms with Crippen LogP contribution in [0.2, 0.25) is 0 Å². The number of nitrogens with zero attached hydrogens (tertiary/aromatic N) is 1. The highest BCUT2D eigenvalue weighted by molar-refractivity contribution is 7.89. The van der Waals surface area contributed by atoms with Gasteiger partial charge in [0.2, 0.25) is 10.0 Å². The Morgan fingerprint density at radius 1 is 1.20 bits per heavy atom. The Morgan fingerprint density at radius 3 is 2.25 bits per heavy atom. The number of sulfonamides is 1. The van der Waals surface area contributed by atoms with Crippen molar-refractivity contribution in [2.75, 3.05) is 7.05 Å². The standard InChI is InChI=1S/C15H24ClNO2S/c1-5-13-9-8-12(11-16)10-15(13)20(18,19)17(4)14(6-2)7-3/h8-10,14H,5-7,11H2,1-4H3. The zero-order chi connectivity index (χ0) is 15.3. The van der Waals surface area contributed by atoms with Crippen molar-refractivity contribution in [1.29, 1.82) is 0 Å². The van der Waals surface area contributed by atoms with Gasteiger partial charge in [0.1, 0.15) is 0 Å². The van der Waals surface area contributed by atoms with E-state index in [1.807, 2.05) is 32.9 Å². The normalized spacial score (nSPS) is 12.3. The Bertz CT molecular complexity index is 539. The number of halogens is 1. The maximum atomic E-state index is 12.8. The second-order valence-electron chi connectivity index (χ2n) is 4.92. The fraction of sp³-hybridized carbons (Fsp3) is 0.600. The SMILES string of the molecule is CCc1ccc(CCl)cc1S(=O)(=O)N(C)C(CC)CC. The topological polar surface area (TPSA) is 37.4 Å². The molecule has 0 aliphatic rings. The summed E-state index contributed by atoms with van der Waals surface area (Å²) in [6.45, 7) is 5.98. The molecule has 0 bridgehead atoms. The van der Waals surface area contributed by atoms with E-state index in [2.05, 4.69) is 0 Å². The minimum Gasteiger partial charge on any atom is -0.207 e. The molecule has 1 aromatic rings. The Hall–Kier alpha value is -0.580. The highest BCUT2D eigenvalue weighted by Crippen LogP contribution is 2.25. The van der Waals surface area contributed by atoms with E-state index in [9.17, 15) is 8.42 Å². The van der Waals surface area contributed by atoms with Crippen molar-refractivity contribution in [2.24, 2.45) is 0 Å². The minimum atomic E-state index is -3.46. The molecule has 0 N–H and O–H groups in total. The van der Waals surface area contributed by atoms with E-state index in [0.29, 0.717) is 17.2 Å². The van der Waals surface area contributed by atoms with E-state index in [4.69, 9.17) is 11.6 Å². The van der Waals surface area contributed by atoms with Crippen molar-refractivity contribution in [3.8, 4) is 0 Å². The van der Waals surface area contributed by atoms with Gasteiger partial charge in [-0.3, -0.25) is 0 Å². The quantitative estimate of drug-likeness (QED) is 0.717. The van der Waals surface area contributed by atoms with Crippen LogP contribution in [0.4, 0.5) is 0 Å². The van der Waals surface area contributed by atoms with Crippen LogP contribution in [0.5, 0.6) is 0 Å². The van der Waals surface area contributed by atoms with Gasteiger partial charge >= 0.3 is 0 Å². The fourth-order valence-corrected chi connectivity index (χ4v) is 4.38. The smallest absolute Gasteiger partial charge is 0.207 e. The summed E-state index contributed by atoms with van der Waals surface area (Å²) in [7, 11) is -1.80. The van der Waals surface area contributed by atoms with E-state index in [1.165, 1.54) is 4.31 Å². The summed E-state index contributed by atoms with van der Waals surface area (Å²) in [5.41, 5.74) is 1.68.